The predicted molar refractivity (Wildman–Crippen MR) is 64.0 cm³/mol. The third-order valence-corrected chi connectivity index (χ3v) is 3.78. The highest BCUT2D eigenvalue weighted by Crippen LogP contribution is 2.22. The predicted octanol–water partition coefficient (Wildman–Crippen LogP) is 2.77. The van der Waals surface area contributed by atoms with Crippen LogP contribution in [0, 0.1) is 0 Å². The number of thiophene rings is 1. The molecule has 2 aromatic heterocycles. The van der Waals surface area contributed by atoms with Crippen molar-refractivity contribution >= 4 is 33.2 Å². The van der Waals surface area contributed by atoms with E-state index in [0.717, 1.165) is 10.0 Å². The smallest absolute Gasteiger partial charge is 0.262 e. The van der Waals surface area contributed by atoms with Crippen LogP contribution in [0.25, 0.3) is 0 Å². The molecule has 0 saturated heterocycles. The van der Waals surface area contributed by atoms with Crippen molar-refractivity contribution in [2.75, 3.05) is 0 Å². The van der Waals surface area contributed by atoms with Gasteiger partial charge in [0.05, 0.1) is 0 Å². The first kappa shape index (κ1) is 10.4. The normalized spacial score (nSPS) is 10.2. The maximum atomic E-state index is 11.7. The standard InChI is InChI=1S/C10H9BrN2OS/c11-8-2-4-15-9(8)10(14)13-6-7-1-3-12-5-7/h1-5,12H,6H2,(H,13,14). The second-order valence-electron chi connectivity index (χ2n) is 3.00. The summed E-state index contributed by atoms with van der Waals surface area (Å²) in [6, 6.07) is 3.81. The van der Waals surface area contributed by atoms with E-state index >= 15 is 0 Å². The summed E-state index contributed by atoms with van der Waals surface area (Å²) >= 11 is 4.76. The Morgan fingerprint density at radius 2 is 2.40 bits per heavy atom. The Morgan fingerprint density at radius 1 is 1.53 bits per heavy atom. The van der Waals surface area contributed by atoms with Gasteiger partial charge in [0, 0.05) is 23.4 Å². The molecule has 0 bridgehead atoms. The van der Waals surface area contributed by atoms with E-state index in [1.54, 1.807) is 0 Å². The lowest BCUT2D eigenvalue weighted by atomic mass is 10.3. The topological polar surface area (TPSA) is 44.9 Å². The Hall–Kier alpha value is -1.07. The fourth-order valence-corrected chi connectivity index (χ4v) is 2.65. The molecule has 5 heteroatoms. The van der Waals surface area contributed by atoms with Gasteiger partial charge >= 0.3 is 0 Å². The molecular formula is C10H9BrN2OS. The van der Waals surface area contributed by atoms with Gasteiger partial charge in [0.25, 0.3) is 5.91 Å². The number of aromatic nitrogens is 1. The van der Waals surface area contributed by atoms with E-state index in [0.29, 0.717) is 11.4 Å². The average Bonchev–Trinajstić information content (AvgIpc) is 2.84. The summed E-state index contributed by atoms with van der Waals surface area (Å²) in [6.45, 7) is 0.548. The van der Waals surface area contributed by atoms with E-state index in [4.69, 9.17) is 0 Å². The maximum Gasteiger partial charge on any atom is 0.262 e. The Morgan fingerprint density at radius 3 is 3.00 bits per heavy atom. The molecule has 1 amide bonds. The molecule has 0 aliphatic rings. The van der Waals surface area contributed by atoms with Crippen molar-refractivity contribution in [3.63, 3.8) is 0 Å². The number of nitrogens with one attached hydrogen (secondary N) is 2. The summed E-state index contributed by atoms with van der Waals surface area (Å²) < 4.78 is 0.846. The van der Waals surface area contributed by atoms with Crippen molar-refractivity contribution < 1.29 is 4.79 Å². The van der Waals surface area contributed by atoms with Crippen LogP contribution in [0.2, 0.25) is 0 Å². The van der Waals surface area contributed by atoms with Gasteiger partial charge in [-0.15, -0.1) is 11.3 Å². The molecule has 0 saturated carbocycles. The summed E-state index contributed by atoms with van der Waals surface area (Å²) in [5.41, 5.74) is 1.07. The lowest BCUT2D eigenvalue weighted by Gasteiger charge is -2.01. The lowest BCUT2D eigenvalue weighted by molar-refractivity contribution is 0.0954. The quantitative estimate of drug-likeness (QED) is 0.895. The van der Waals surface area contributed by atoms with Crippen molar-refractivity contribution in [2.24, 2.45) is 0 Å². The maximum absolute atomic E-state index is 11.7. The zero-order valence-electron chi connectivity index (χ0n) is 7.79. The second-order valence-corrected chi connectivity index (χ2v) is 4.77. The summed E-state index contributed by atoms with van der Waals surface area (Å²) in [6.07, 6.45) is 3.70. The number of carbonyl (C=O) groups excluding carboxylic acids is 1. The third-order valence-electron chi connectivity index (χ3n) is 1.94. The summed E-state index contributed by atoms with van der Waals surface area (Å²) in [4.78, 5) is 15.3. The van der Waals surface area contributed by atoms with E-state index < -0.39 is 0 Å². The van der Waals surface area contributed by atoms with Crippen molar-refractivity contribution in [1.82, 2.24) is 10.3 Å². The first-order chi connectivity index (χ1) is 7.27. The highest BCUT2D eigenvalue weighted by Gasteiger charge is 2.10. The minimum Gasteiger partial charge on any atom is -0.367 e. The SMILES string of the molecule is O=C(NCc1cc[nH]c1)c1sccc1Br. The summed E-state index contributed by atoms with van der Waals surface area (Å²) in [5.74, 6) is -0.0434. The molecule has 0 spiro atoms. The van der Waals surface area contributed by atoms with Gasteiger partial charge < -0.3 is 10.3 Å². The van der Waals surface area contributed by atoms with Crippen LogP contribution >= 0.6 is 27.3 Å². The summed E-state index contributed by atoms with van der Waals surface area (Å²) in [5, 5.41) is 4.73. The molecule has 78 valence electrons. The van der Waals surface area contributed by atoms with E-state index in [-0.39, 0.29) is 5.91 Å². The number of hydrogen-bond acceptors (Lipinski definition) is 2. The molecule has 0 unspecified atom stereocenters. The van der Waals surface area contributed by atoms with Gasteiger partial charge in [-0.25, -0.2) is 0 Å². The Labute approximate surface area is 99.6 Å². The molecule has 0 atom stereocenters. The lowest BCUT2D eigenvalue weighted by Crippen LogP contribution is -2.21. The average molecular weight is 285 g/mol. The largest absolute Gasteiger partial charge is 0.367 e. The van der Waals surface area contributed by atoms with Gasteiger partial charge in [-0.1, -0.05) is 0 Å². The zero-order valence-corrected chi connectivity index (χ0v) is 10.2. The highest BCUT2D eigenvalue weighted by atomic mass is 79.9. The van der Waals surface area contributed by atoms with E-state index in [1.807, 2.05) is 29.9 Å². The Balaban J connectivity index is 1.96. The van der Waals surface area contributed by atoms with Gasteiger partial charge in [-0.2, -0.15) is 0 Å². The zero-order chi connectivity index (χ0) is 10.7. The Kier molecular flexibility index (Phi) is 3.23. The number of H-pyrrole nitrogens is 1. The van der Waals surface area contributed by atoms with Crippen LogP contribution in [0.5, 0.6) is 0 Å². The molecular weight excluding hydrogens is 276 g/mol. The van der Waals surface area contributed by atoms with Crippen molar-refractivity contribution in [1.29, 1.82) is 0 Å². The molecule has 0 radical (unpaired) electrons. The molecule has 0 aromatic carbocycles. The number of aromatic amines is 1. The van der Waals surface area contributed by atoms with E-state index in [2.05, 4.69) is 26.2 Å². The monoisotopic (exact) mass is 284 g/mol. The Bertz CT molecular complexity index is 450. The number of halogens is 1. The van der Waals surface area contributed by atoms with Crippen molar-refractivity contribution in [3.05, 3.63) is 44.8 Å². The van der Waals surface area contributed by atoms with Crippen molar-refractivity contribution in [2.45, 2.75) is 6.54 Å². The van der Waals surface area contributed by atoms with Crippen LogP contribution in [0.1, 0.15) is 15.2 Å². The number of amides is 1. The van der Waals surface area contributed by atoms with Crippen LogP contribution in [0.3, 0.4) is 0 Å². The van der Waals surface area contributed by atoms with Gasteiger partial charge in [-0.3, -0.25) is 4.79 Å². The van der Waals surface area contributed by atoms with Crippen LogP contribution in [-0.2, 0) is 6.54 Å². The second kappa shape index (κ2) is 4.63. The van der Waals surface area contributed by atoms with Gasteiger partial charge in [-0.05, 0) is 39.0 Å². The van der Waals surface area contributed by atoms with E-state index in [1.165, 1.54) is 11.3 Å². The molecule has 15 heavy (non-hydrogen) atoms. The number of carbonyl (C=O) groups is 1. The highest BCUT2D eigenvalue weighted by molar-refractivity contribution is 9.10. The fourth-order valence-electron chi connectivity index (χ4n) is 1.19. The molecule has 2 rings (SSSR count). The molecule has 2 aromatic rings. The first-order valence-corrected chi connectivity index (χ1v) is 6.07. The molecule has 3 nitrogen and oxygen atoms in total. The molecule has 2 N–H and O–H groups in total. The first-order valence-electron chi connectivity index (χ1n) is 4.40. The van der Waals surface area contributed by atoms with Crippen molar-refractivity contribution in [3.8, 4) is 0 Å². The van der Waals surface area contributed by atoms with Gasteiger partial charge in [0.15, 0.2) is 0 Å². The van der Waals surface area contributed by atoms with Crippen LogP contribution in [-0.4, -0.2) is 10.9 Å². The van der Waals surface area contributed by atoms with Crippen LogP contribution in [0.15, 0.2) is 34.4 Å². The van der Waals surface area contributed by atoms with Gasteiger partial charge in [0.2, 0.25) is 0 Å². The van der Waals surface area contributed by atoms with Crippen LogP contribution < -0.4 is 5.32 Å². The molecule has 2 heterocycles. The fraction of sp³-hybridized carbons (Fsp3) is 0.100. The molecule has 0 aliphatic heterocycles. The minimum absolute atomic E-state index is 0.0434. The van der Waals surface area contributed by atoms with Gasteiger partial charge in [0.1, 0.15) is 4.88 Å². The minimum atomic E-state index is -0.0434. The third kappa shape index (κ3) is 2.49. The van der Waals surface area contributed by atoms with Crippen LogP contribution in [0.4, 0.5) is 0 Å². The van der Waals surface area contributed by atoms with E-state index in [9.17, 15) is 4.79 Å². The number of hydrogen-bond donors (Lipinski definition) is 2. The summed E-state index contributed by atoms with van der Waals surface area (Å²) in [7, 11) is 0. The number of rotatable bonds is 3. The molecule has 0 aliphatic carbocycles. The molecule has 0 fully saturated rings.